The van der Waals surface area contributed by atoms with Crippen LogP contribution in [0.15, 0.2) is 23.1 Å². The molecule has 1 atom stereocenters. The maximum absolute atomic E-state index is 11.7. The molecular formula is C9H10Cl2OS. The summed E-state index contributed by atoms with van der Waals surface area (Å²) in [6.07, 6.45) is 0. The molecule has 0 heterocycles. The van der Waals surface area contributed by atoms with E-state index in [1.807, 2.05) is 13.8 Å². The molecule has 0 N–H and O–H groups in total. The SMILES string of the molecule is CC(C)S(=O)c1c(Cl)cccc1Cl. The van der Waals surface area contributed by atoms with E-state index in [9.17, 15) is 4.21 Å². The first-order valence-electron chi connectivity index (χ1n) is 3.88. The van der Waals surface area contributed by atoms with Gasteiger partial charge in [-0.3, -0.25) is 4.21 Å². The number of rotatable bonds is 2. The van der Waals surface area contributed by atoms with Crippen molar-refractivity contribution in [2.75, 3.05) is 0 Å². The predicted molar refractivity (Wildman–Crippen MR) is 58.0 cm³/mol. The molecular weight excluding hydrogens is 227 g/mol. The number of hydrogen-bond acceptors (Lipinski definition) is 1. The molecule has 0 aliphatic rings. The van der Waals surface area contributed by atoms with Crippen LogP contribution in [0, 0.1) is 0 Å². The zero-order chi connectivity index (χ0) is 10.0. The Bertz CT molecular complexity index is 316. The molecule has 13 heavy (non-hydrogen) atoms. The van der Waals surface area contributed by atoms with Crippen molar-refractivity contribution in [1.29, 1.82) is 0 Å². The third kappa shape index (κ3) is 2.46. The largest absolute Gasteiger partial charge is 0.254 e. The summed E-state index contributed by atoms with van der Waals surface area (Å²) in [5.74, 6) is 0. The van der Waals surface area contributed by atoms with Gasteiger partial charge in [-0.05, 0) is 12.1 Å². The highest BCUT2D eigenvalue weighted by molar-refractivity contribution is 7.85. The van der Waals surface area contributed by atoms with Gasteiger partial charge in [0.05, 0.1) is 25.7 Å². The molecule has 4 heteroatoms. The van der Waals surface area contributed by atoms with Gasteiger partial charge in [-0.15, -0.1) is 0 Å². The summed E-state index contributed by atoms with van der Waals surface area (Å²) < 4.78 is 11.7. The molecule has 1 aromatic carbocycles. The standard InChI is InChI=1S/C9H10Cl2OS/c1-6(2)13(12)9-7(10)4-3-5-8(9)11/h3-6H,1-2H3. The van der Waals surface area contributed by atoms with Gasteiger partial charge in [0, 0.05) is 5.25 Å². The lowest BCUT2D eigenvalue weighted by atomic mass is 10.4. The molecule has 0 bridgehead atoms. The van der Waals surface area contributed by atoms with Gasteiger partial charge in [-0.25, -0.2) is 0 Å². The van der Waals surface area contributed by atoms with Crippen molar-refractivity contribution in [3.8, 4) is 0 Å². The van der Waals surface area contributed by atoms with Crippen molar-refractivity contribution in [3.63, 3.8) is 0 Å². The van der Waals surface area contributed by atoms with Gasteiger partial charge in [0.1, 0.15) is 0 Å². The highest BCUT2D eigenvalue weighted by Gasteiger charge is 2.15. The van der Waals surface area contributed by atoms with Crippen LogP contribution in [-0.2, 0) is 10.8 Å². The molecule has 0 fully saturated rings. The number of hydrogen-bond donors (Lipinski definition) is 0. The van der Waals surface area contributed by atoms with E-state index in [4.69, 9.17) is 23.2 Å². The summed E-state index contributed by atoms with van der Waals surface area (Å²) in [6, 6.07) is 5.14. The van der Waals surface area contributed by atoms with Crippen molar-refractivity contribution < 1.29 is 4.21 Å². The van der Waals surface area contributed by atoms with Crippen LogP contribution >= 0.6 is 23.2 Å². The third-order valence-electron chi connectivity index (χ3n) is 1.55. The summed E-state index contributed by atoms with van der Waals surface area (Å²) in [7, 11) is -1.12. The van der Waals surface area contributed by atoms with E-state index >= 15 is 0 Å². The van der Waals surface area contributed by atoms with E-state index in [2.05, 4.69) is 0 Å². The number of halogens is 2. The van der Waals surface area contributed by atoms with Crippen LogP contribution in [0.3, 0.4) is 0 Å². The second-order valence-corrected chi connectivity index (χ2v) is 5.66. The van der Waals surface area contributed by atoms with E-state index in [0.29, 0.717) is 14.9 Å². The summed E-state index contributed by atoms with van der Waals surface area (Å²) in [4.78, 5) is 0.542. The van der Waals surface area contributed by atoms with Crippen LogP contribution in [0.2, 0.25) is 10.0 Å². The van der Waals surface area contributed by atoms with Crippen LogP contribution in [0.5, 0.6) is 0 Å². The minimum atomic E-state index is -1.12. The first kappa shape index (κ1) is 11.0. The second kappa shape index (κ2) is 4.45. The summed E-state index contributed by atoms with van der Waals surface area (Å²) in [5, 5.41) is 0.969. The second-order valence-electron chi connectivity index (χ2n) is 2.90. The van der Waals surface area contributed by atoms with Crippen molar-refractivity contribution in [1.82, 2.24) is 0 Å². The van der Waals surface area contributed by atoms with Crippen molar-refractivity contribution >= 4 is 34.0 Å². The average molecular weight is 237 g/mol. The fraction of sp³-hybridized carbons (Fsp3) is 0.333. The van der Waals surface area contributed by atoms with Crippen LogP contribution in [0.25, 0.3) is 0 Å². The first-order valence-corrected chi connectivity index (χ1v) is 5.85. The van der Waals surface area contributed by atoms with Crippen LogP contribution in [0.4, 0.5) is 0 Å². The molecule has 72 valence electrons. The monoisotopic (exact) mass is 236 g/mol. The Morgan fingerprint density at radius 3 is 2.08 bits per heavy atom. The Morgan fingerprint density at radius 2 is 1.69 bits per heavy atom. The molecule has 0 radical (unpaired) electrons. The van der Waals surface area contributed by atoms with E-state index in [1.54, 1.807) is 18.2 Å². The fourth-order valence-electron chi connectivity index (χ4n) is 0.910. The Hall–Kier alpha value is -0.0500. The average Bonchev–Trinajstić information content (AvgIpc) is 2.03. The predicted octanol–water partition coefficient (Wildman–Crippen LogP) is 3.51. The Morgan fingerprint density at radius 1 is 1.23 bits per heavy atom. The highest BCUT2D eigenvalue weighted by Crippen LogP contribution is 2.29. The topological polar surface area (TPSA) is 17.1 Å². The van der Waals surface area contributed by atoms with E-state index in [0.717, 1.165) is 0 Å². The van der Waals surface area contributed by atoms with Gasteiger partial charge in [0.15, 0.2) is 0 Å². The highest BCUT2D eigenvalue weighted by atomic mass is 35.5. The zero-order valence-electron chi connectivity index (χ0n) is 7.38. The van der Waals surface area contributed by atoms with Crippen LogP contribution in [-0.4, -0.2) is 9.46 Å². The van der Waals surface area contributed by atoms with Gasteiger partial charge in [0.25, 0.3) is 0 Å². The lowest BCUT2D eigenvalue weighted by Crippen LogP contribution is -2.06. The third-order valence-corrected chi connectivity index (χ3v) is 4.10. The number of benzene rings is 1. The Labute approximate surface area is 90.5 Å². The van der Waals surface area contributed by atoms with Gasteiger partial charge >= 0.3 is 0 Å². The zero-order valence-corrected chi connectivity index (χ0v) is 9.71. The lowest BCUT2D eigenvalue weighted by Gasteiger charge is -2.08. The first-order chi connectivity index (χ1) is 6.04. The van der Waals surface area contributed by atoms with Gasteiger partial charge in [-0.1, -0.05) is 43.1 Å². The van der Waals surface area contributed by atoms with Gasteiger partial charge in [-0.2, -0.15) is 0 Å². The quantitative estimate of drug-likeness (QED) is 0.769. The van der Waals surface area contributed by atoms with E-state index < -0.39 is 10.8 Å². The Kier molecular flexibility index (Phi) is 3.77. The molecule has 0 aliphatic heterocycles. The summed E-state index contributed by atoms with van der Waals surface area (Å²) in [6.45, 7) is 3.74. The van der Waals surface area contributed by atoms with Crippen molar-refractivity contribution in [2.24, 2.45) is 0 Å². The van der Waals surface area contributed by atoms with E-state index in [1.165, 1.54) is 0 Å². The molecule has 1 aromatic rings. The molecule has 0 aliphatic carbocycles. The van der Waals surface area contributed by atoms with Gasteiger partial charge in [0.2, 0.25) is 0 Å². The minimum absolute atomic E-state index is 0.0254. The molecule has 0 spiro atoms. The summed E-state index contributed by atoms with van der Waals surface area (Å²) >= 11 is 11.8. The molecule has 0 saturated heterocycles. The van der Waals surface area contributed by atoms with E-state index in [-0.39, 0.29) is 5.25 Å². The van der Waals surface area contributed by atoms with Gasteiger partial charge < -0.3 is 0 Å². The minimum Gasteiger partial charge on any atom is -0.254 e. The molecule has 0 aromatic heterocycles. The normalized spacial score (nSPS) is 13.3. The van der Waals surface area contributed by atoms with Crippen LogP contribution in [0.1, 0.15) is 13.8 Å². The maximum Gasteiger partial charge on any atom is 0.0763 e. The summed E-state index contributed by atoms with van der Waals surface area (Å²) in [5.41, 5.74) is 0. The lowest BCUT2D eigenvalue weighted by molar-refractivity contribution is 0.677. The fourth-order valence-corrected chi connectivity index (χ4v) is 2.76. The molecule has 1 nitrogen and oxygen atoms in total. The smallest absolute Gasteiger partial charge is 0.0763 e. The molecule has 1 rings (SSSR count). The molecule has 0 amide bonds. The Balaban J connectivity index is 3.20. The molecule has 1 unspecified atom stereocenters. The van der Waals surface area contributed by atoms with Crippen LogP contribution < -0.4 is 0 Å². The van der Waals surface area contributed by atoms with Crippen molar-refractivity contribution in [2.45, 2.75) is 24.0 Å². The van der Waals surface area contributed by atoms with Crippen molar-refractivity contribution in [3.05, 3.63) is 28.2 Å². The maximum atomic E-state index is 11.7. The molecule has 0 saturated carbocycles.